The first-order valence-electron chi connectivity index (χ1n) is 6.64. The smallest absolute Gasteiger partial charge is 0.307 e. The maximum atomic E-state index is 12.3. The number of nitrogens with one attached hydrogen (secondary N) is 1. The van der Waals surface area contributed by atoms with E-state index in [0.29, 0.717) is 11.8 Å². The van der Waals surface area contributed by atoms with Gasteiger partial charge in [0.2, 0.25) is 5.91 Å². The number of halogens is 1. The fourth-order valence-corrected chi connectivity index (χ4v) is 2.33. The van der Waals surface area contributed by atoms with Gasteiger partial charge >= 0.3 is 5.97 Å². The first kappa shape index (κ1) is 14.8. The fourth-order valence-electron chi connectivity index (χ4n) is 2.15. The second-order valence-electron chi connectivity index (χ2n) is 4.76. The van der Waals surface area contributed by atoms with Crippen molar-refractivity contribution in [2.75, 3.05) is 13.2 Å². The molecule has 1 amide bonds. The van der Waals surface area contributed by atoms with Crippen molar-refractivity contribution in [3.8, 4) is 0 Å². The molecule has 1 saturated carbocycles. The fraction of sp³-hybridized carbons (Fsp3) is 0.500. The Kier molecular flexibility index (Phi) is 4.60. The van der Waals surface area contributed by atoms with Gasteiger partial charge in [-0.15, -0.1) is 0 Å². The number of aromatic nitrogens is 1. The van der Waals surface area contributed by atoms with Crippen molar-refractivity contribution in [1.29, 1.82) is 0 Å². The van der Waals surface area contributed by atoms with Crippen LogP contribution in [-0.2, 0) is 19.7 Å². The molecule has 0 aromatic carbocycles. The number of nitrogens with zero attached hydrogens (tertiary/aromatic N) is 1. The topological polar surface area (TPSA) is 68.3 Å². The quantitative estimate of drug-likeness (QED) is 0.642. The Morgan fingerprint density at radius 1 is 1.50 bits per heavy atom. The lowest BCUT2D eigenvalue weighted by atomic mass is 9.96. The Bertz CT molecular complexity index is 515. The minimum atomic E-state index is -0.499. The molecule has 1 heterocycles. The standard InChI is InChI=1S/C14H17ClN2O3/c1-2-20-12(18)4-8-17-13(19)14(5-6-14)10-3-7-16-11(15)9-10/h3,7,9H,2,4-6,8H2,1H3,(H,17,19). The van der Waals surface area contributed by atoms with Crippen LogP contribution >= 0.6 is 11.6 Å². The van der Waals surface area contributed by atoms with E-state index in [1.54, 1.807) is 19.2 Å². The van der Waals surface area contributed by atoms with Gasteiger partial charge < -0.3 is 10.1 Å². The average molecular weight is 297 g/mol. The third-order valence-electron chi connectivity index (χ3n) is 3.38. The number of amides is 1. The number of pyridine rings is 1. The lowest BCUT2D eigenvalue weighted by Crippen LogP contribution is -2.36. The summed E-state index contributed by atoms with van der Waals surface area (Å²) in [6.07, 6.45) is 3.37. The Hall–Kier alpha value is -1.62. The van der Waals surface area contributed by atoms with Gasteiger partial charge in [0.15, 0.2) is 0 Å². The molecular weight excluding hydrogens is 280 g/mol. The normalized spacial score (nSPS) is 15.5. The van der Waals surface area contributed by atoms with E-state index in [2.05, 4.69) is 10.3 Å². The molecule has 0 saturated heterocycles. The molecule has 2 rings (SSSR count). The SMILES string of the molecule is CCOC(=O)CCNC(=O)C1(c2ccnc(Cl)c2)CC1. The monoisotopic (exact) mass is 296 g/mol. The number of ether oxygens (including phenoxy) is 1. The summed E-state index contributed by atoms with van der Waals surface area (Å²) < 4.78 is 4.81. The third-order valence-corrected chi connectivity index (χ3v) is 3.59. The summed E-state index contributed by atoms with van der Waals surface area (Å²) in [7, 11) is 0. The summed E-state index contributed by atoms with van der Waals surface area (Å²) in [6, 6.07) is 3.53. The van der Waals surface area contributed by atoms with E-state index in [4.69, 9.17) is 16.3 Å². The molecule has 0 spiro atoms. The lowest BCUT2D eigenvalue weighted by molar-refractivity contribution is -0.143. The highest BCUT2D eigenvalue weighted by Gasteiger charge is 2.51. The van der Waals surface area contributed by atoms with E-state index in [-0.39, 0.29) is 24.8 Å². The summed E-state index contributed by atoms with van der Waals surface area (Å²) in [6.45, 7) is 2.40. The molecule has 0 radical (unpaired) electrons. The molecule has 0 aliphatic heterocycles. The second-order valence-corrected chi connectivity index (χ2v) is 5.15. The lowest BCUT2D eigenvalue weighted by Gasteiger charge is -2.15. The van der Waals surface area contributed by atoms with Crippen LogP contribution in [0.15, 0.2) is 18.3 Å². The molecule has 1 N–H and O–H groups in total. The molecule has 20 heavy (non-hydrogen) atoms. The molecular formula is C14H17ClN2O3. The van der Waals surface area contributed by atoms with Gasteiger partial charge in [0.1, 0.15) is 5.15 Å². The summed E-state index contributed by atoms with van der Waals surface area (Å²) >= 11 is 5.86. The molecule has 6 heteroatoms. The highest BCUT2D eigenvalue weighted by Crippen LogP contribution is 2.48. The Morgan fingerprint density at radius 3 is 2.85 bits per heavy atom. The van der Waals surface area contributed by atoms with E-state index in [0.717, 1.165) is 18.4 Å². The van der Waals surface area contributed by atoms with Crippen LogP contribution in [0, 0.1) is 0 Å². The maximum absolute atomic E-state index is 12.3. The van der Waals surface area contributed by atoms with Crippen molar-refractivity contribution in [3.63, 3.8) is 0 Å². The van der Waals surface area contributed by atoms with Crippen LogP contribution in [0.4, 0.5) is 0 Å². The molecule has 0 atom stereocenters. The van der Waals surface area contributed by atoms with Crippen molar-refractivity contribution in [1.82, 2.24) is 10.3 Å². The van der Waals surface area contributed by atoms with Gasteiger partial charge in [-0.2, -0.15) is 0 Å². The molecule has 0 bridgehead atoms. The molecule has 108 valence electrons. The highest BCUT2D eigenvalue weighted by atomic mass is 35.5. The predicted molar refractivity (Wildman–Crippen MR) is 74.4 cm³/mol. The zero-order chi connectivity index (χ0) is 14.6. The van der Waals surface area contributed by atoms with Crippen LogP contribution in [0.3, 0.4) is 0 Å². The van der Waals surface area contributed by atoms with Gasteiger partial charge in [-0.1, -0.05) is 11.6 Å². The van der Waals surface area contributed by atoms with E-state index in [1.807, 2.05) is 6.07 Å². The van der Waals surface area contributed by atoms with Gasteiger partial charge in [0.25, 0.3) is 0 Å². The molecule has 0 unspecified atom stereocenters. The largest absolute Gasteiger partial charge is 0.466 e. The Morgan fingerprint density at radius 2 is 2.25 bits per heavy atom. The number of esters is 1. The third kappa shape index (κ3) is 3.28. The zero-order valence-electron chi connectivity index (χ0n) is 11.3. The summed E-state index contributed by atoms with van der Waals surface area (Å²) in [5, 5.41) is 3.17. The number of carbonyl (C=O) groups is 2. The maximum Gasteiger partial charge on any atom is 0.307 e. The highest BCUT2D eigenvalue weighted by molar-refractivity contribution is 6.29. The Labute approximate surface area is 122 Å². The first-order valence-corrected chi connectivity index (χ1v) is 7.02. The van der Waals surface area contributed by atoms with E-state index in [1.165, 1.54) is 0 Å². The van der Waals surface area contributed by atoms with Crippen LogP contribution in [-0.4, -0.2) is 30.0 Å². The minimum absolute atomic E-state index is 0.0657. The van der Waals surface area contributed by atoms with Crippen LogP contribution in [0.5, 0.6) is 0 Å². The zero-order valence-corrected chi connectivity index (χ0v) is 12.1. The van der Waals surface area contributed by atoms with E-state index in [9.17, 15) is 9.59 Å². The van der Waals surface area contributed by atoms with Crippen LogP contribution in [0.25, 0.3) is 0 Å². The van der Waals surface area contributed by atoms with Gasteiger partial charge in [-0.3, -0.25) is 9.59 Å². The predicted octanol–water partition coefficient (Wildman–Crippen LogP) is 1.84. The van der Waals surface area contributed by atoms with Gasteiger partial charge in [-0.25, -0.2) is 4.98 Å². The van der Waals surface area contributed by atoms with Crippen molar-refractivity contribution in [2.45, 2.75) is 31.6 Å². The van der Waals surface area contributed by atoms with Crippen molar-refractivity contribution in [2.24, 2.45) is 0 Å². The molecule has 1 aliphatic carbocycles. The van der Waals surface area contributed by atoms with Gasteiger partial charge in [0, 0.05) is 12.7 Å². The van der Waals surface area contributed by atoms with Crippen molar-refractivity contribution < 1.29 is 14.3 Å². The average Bonchev–Trinajstić information content (AvgIpc) is 3.20. The molecule has 1 fully saturated rings. The number of hydrogen-bond acceptors (Lipinski definition) is 4. The van der Waals surface area contributed by atoms with E-state index < -0.39 is 5.41 Å². The van der Waals surface area contributed by atoms with Crippen LogP contribution < -0.4 is 5.32 Å². The molecule has 1 aromatic rings. The number of rotatable bonds is 6. The first-order chi connectivity index (χ1) is 9.58. The van der Waals surface area contributed by atoms with Gasteiger partial charge in [0.05, 0.1) is 18.4 Å². The molecule has 5 nitrogen and oxygen atoms in total. The summed E-state index contributed by atoms with van der Waals surface area (Å²) in [4.78, 5) is 27.4. The number of hydrogen-bond donors (Lipinski definition) is 1. The molecule has 1 aromatic heterocycles. The second kappa shape index (κ2) is 6.22. The Balaban J connectivity index is 1.91. The number of carbonyl (C=O) groups excluding carboxylic acids is 2. The van der Waals surface area contributed by atoms with Crippen molar-refractivity contribution >= 4 is 23.5 Å². The van der Waals surface area contributed by atoms with Crippen LogP contribution in [0.1, 0.15) is 31.7 Å². The minimum Gasteiger partial charge on any atom is -0.466 e. The van der Waals surface area contributed by atoms with Crippen LogP contribution in [0.2, 0.25) is 5.15 Å². The molecule has 1 aliphatic rings. The van der Waals surface area contributed by atoms with E-state index >= 15 is 0 Å². The van der Waals surface area contributed by atoms with Gasteiger partial charge in [-0.05, 0) is 37.5 Å². The summed E-state index contributed by atoms with van der Waals surface area (Å²) in [5.41, 5.74) is 0.382. The summed E-state index contributed by atoms with van der Waals surface area (Å²) in [5.74, 6) is -0.367. The van der Waals surface area contributed by atoms with Crippen molar-refractivity contribution in [3.05, 3.63) is 29.0 Å².